The van der Waals surface area contributed by atoms with Crippen molar-refractivity contribution in [3.63, 3.8) is 0 Å². The lowest BCUT2D eigenvalue weighted by atomic mass is 9.94. The molecule has 5 heterocycles. The third-order valence-corrected chi connectivity index (χ3v) is 6.01. The highest BCUT2D eigenvalue weighted by molar-refractivity contribution is 5.36. The Balaban J connectivity index is 1.26. The molecule has 3 aliphatic rings. The zero-order valence-corrected chi connectivity index (χ0v) is 16.1. The predicted octanol–water partition coefficient (Wildman–Crippen LogP) is 2.82. The molecule has 2 atom stereocenters. The number of anilines is 1. The molecule has 6 nitrogen and oxygen atoms in total. The maximum atomic E-state index is 4.53. The molecule has 0 radical (unpaired) electrons. The van der Waals surface area contributed by atoms with Crippen LogP contribution in [-0.2, 0) is 13.1 Å². The van der Waals surface area contributed by atoms with Crippen LogP contribution in [0.3, 0.4) is 0 Å². The van der Waals surface area contributed by atoms with Crippen molar-refractivity contribution in [1.29, 1.82) is 0 Å². The first-order chi connectivity index (χ1) is 13.8. The van der Waals surface area contributed by atoms with E-state index < -0.39 is 0 Å². The van der Waals surface area contributed by atoms with Gasteiger partial charge < -0.3 is 4.90 Å². The fourth-order valence-electron chi connectivity index (χ4n) is 4.58. The van der Waals surface area contributed by atoms with Gasteiger partial charge in [-0.2, -0.15) is 5.10 Å². The molecule has 3 fully saturated rings. The van der Waals surface area contributed by atoms with E-state index in [0.717, 1.165) is 32.0 Å². The standard InChI is InChI=1S/C22H26N6/c1-8-25-28(11-1)16-19-4-2-18(3-5-19)13-26-14-20-6-7-21(26)17-27(15-20)22-12-23-9-10-24-22/h1-5,8-12,20-21H,6-7,13-17H2/t20-,21-/m0/s1. The van der Waals surface area contributed by atoms with E-state index in [0.29, 0.717) is 12.0 Å². The topological polar surface area (TPSA) is 50.1 Å². The molecule has 0 spiro atoms. The van der Waals surface area contributed by atoms with Gasteiger partial charge in [0.05, 0.1) is 12.7 Å². The molecule has 3 aliphatic heterocycles. The lowest BCUT2D eigenvalue weighted by molar-refractivity contribution is 0.126. The van der Waals surface area contributed by atoms with E-state index in [2.05, 4.69) is 49.1 Å². The number of aromatic nitrogens is 4. The summed E-state index contributed by atoms with van der Waals surface area (Å²) in [7, 11) is 0. The molecule has 144 valence electrons. The Kier molecular flexibility index (Phi) is 4.79. The largest absolute Gasteiger partial charge is 0.353 e. The predicted molar refractivity (Wildman–Crippen MR) is 109 cm³/mol. The molecule has 2 bridgehead atoms. The summed E-state index contributed by atoms with van der Waals surface area (Å²) in [5.74, 6) is 1.73. The van der Waals surface area contributed by atoms with Crippen molar-refractivity contribution in [3.8, 4) is 0 Å². The van der Waals surface area contributed by atoms with Gasteiger partial charge in [0.15, 0.2) is 0 Å². The minimum Gasteiger partial charge on any atom is -0.353 e. The van der Waals surface area contributed by atoms with E-state index >= 15 is 0 Å². The molecule has 0 amide bonds. The van der Waals surface area contributed by atoms with Gasteiger partial charge in [0.25, 0.3) is 0 Å². The third-order valence-electron chi connectivity index (χ3n) is 6.01. The highest BCUT2D eigenvalue weighted by Crippen LogP contribution is 2.30. The molecule has 3 aromatic rings. The second-order valence-corrected chi connectivity index (χ2v) is 8.02. The van der Waals surface area contributed by atoms with Gasteiger partial charge in [0.2, 0.25) is 0 Å². The molecule has 2 aromatic heterocycles. The van der Waals surface area contributed by atoms with Gasteiger partial charge in [-0.1, -0.05) is 24.3 Å². The number of benzene rings is 1. The molecule has 0 N–H and O–H groups in total. The fraction of sp³-hybridized carbons (Fsp3) is 0.409. The van der Waals surface area contributed by atoms with E-state index in [9.17, 15) is 0 Å². The minimum atomic E-state index is 0.588. The summed E-state index contributed by atoms with van der Waals surface area (Å²) in [4.78, 5) is 13.9. The van der Waals surface area contributed by atoms with Crippen LogP contribution in [0.2, 0.25) is 0 Å². The van der Waals surface area contributed by atoms with Crippen molar-refractivity contribution in [2.75, 3.05) is 24.5 Å². The zero-order valence-electron chi connectivity index (χ0n) is 16.1. The summed E-state index contributed by atoms with van der Waals surface area (Å²) in [6, 6.07) is 11.6. The molecule has 3 saturated heterocycles. The number of hydrogen-bond donors (Lipinski definition) is 0. The summed E-state index contributed by atoms with van der Waals surface area (Å²) in [6.45, 7) is 5.17. The van der Waals surface area contributed by atoms with E-state index in [1.54, 1.807) is 12.4 Å². The molecule has 6 heteroatoms. The summed E-state index contributed by atoms with van der Waals surface area (Å²) >= 11 is 0. The summed E-state index contributed by atoms with van der Waals surface area (Å²) in [5.41, 5.74) is 2.68. The SMILES string of the molecule is c1cnn(Cc2ccc(CN3C[C@@H]4CC[C@H]3CN(c3cnccn3)C4)cc2)c1. The molecular weight excluding hydrogens is 348 g/mol. The molecule has 0 unspecified atom stereocenters. The first-order valence-electron chi connectivity index (χ1n) is 10.1. The van der Waals surface area contributed by atoms with E-state index in [1.807, 2.05) is 29.3 Å². The van der Waals surface area contributed by atoms with Crippen LogP contribution in [0.25, 0.3) is 0 Å². The van der Waals surface area contributed by atoms with Crippen LogP contribution in [0.1, 0.15) is 24.0 Å². The quantitative estimate of drug-likeness (QED) is 0.687. The maximum absolute atomic E-state index is 4.53. The number of piperidine rings is 1. The Morgan fingerprint density at radius 2 is 1.75 bits per heavy atom. The number of fused-ring (bicyclic) bond motifs is 4. The molecular formula is C22H26N6. The average molecular weight is 374 g/mol. The highest BCUT2D eigenvalue weighted by atomic mass is 15.3. The van der Waals surface area contributed by atoms with Gasteiger partial charge in [0, 0.05) is 57.0 Å². The van der Waals surface area contributed by atoms with Crippen LogP contribution in [0.4, 0.5) is 5.82 Å². The molecule has 0 aliphatic carbocycles. The Hall–Kier alpha value is -2.73. The smallest absolute Gasteiger partial charge is 0.147 e. The minimum absolute atomic E-state index is 0.588. The van der Waals surface area contributed by atoms with Gasteiger partial charge in [-0.25, -0.2) is 4.98 Å². The van der Waals surface area contributed by atoms with E-state index in [-0.39, 0.29) is 0 Å². The lowest BCUT2D eigenvalue weighted by Crippen LogP contribution is -2.43. The Labute approximate surface area is 165 Å². The molecule has 6 rings (SSSR count). The van der Waals surface area contributed by atoms with Crippen LogP contribution in [-0.4, -0.2) is 50.3 Å². The molecule has 28 heavy (non-hydrogen) atoms. The fourth-order valence-corrected chi connectivity index (χ4v) is 4.58. The third kappa shape index (κ3) is 3.78. The van der Waals surface area contributed by atoms with Crippen molar-refractivity contribution < 1.29 is 0 Å². The van der Waals surface area contributed by atoms with Crippen molar-refractivity contribution >= 4 is 5.82 Å². The number of rotatable bonds is 5. The summed E-state index contributed by atoms with van der Waals surface area (Å²) in [6.07, 6.45) is 11.9. The van der Waals surface area contributed by atoms with Gasteiger partial charge in [-0.05, 0) is 36.0 Å². The van der Waals surface area contributed by atoms with E-state index in [4.69, 9.17) is 0 Å². The number of hydrogen-bond acceptors (Lipinski definition) is 5. The first kappa shape index (κ1) is 17.4. The van der Waals surface area contributed by atoms with Gasteiger partial charge in [-0.3, -0.25) is 14.6 Å². The average Bonchev–Trinajstić information content (AvgIpc) is 3.08. The lowest BCUT2D eigenvalue weighted by Gasteiger charge is -2.36. The maximum Gasteiger partial charge on any atom is 0.147 e. The Bertz CT molecular complexity index is 877. The monoisotopic (exact) mass is 374 g/mol. The second kappa shape index (κ2) is 7.72. The van der Waals surface area contributed by atoms with Crippen molar-refractivity contribution in [2.24, 2.45) is 5.92 Å². The van der Waals surface area contributed by atoms with Crippen molar-refractivity contribution in [2.45, 2.75) is 32.0 Å². The van der Waals surface area contributed by atoms with Crippen LogP contribution in [0.15, 0.2) is 61.3 Å². The summed E-state index contributed by atoms with van der Waals surface area (Å²) in [5, 5.41) is 4.29. The van der Waals surface area contributed by atoms with Gasteiger partial charge in [0.1, 0.15) is 5.82 Å². The summed E-state index contributed by atoms with van der Waals surface area (Å²) < 4.78 is 1.96. The Morgan fingerprint density at radius 3 is 2.50 bits per heavy atom. The van der Waals surface area contributed by atoms with Crippen LogP contribution >= 0.6 is 0 Å². The number of nitrogens with zero attached hydrogens (tertiary/aromatic N) is 6. The normalized spacial score (nSPS) is 22.4. The van der Waals surface area contributed by atoms with Crippen molar-refractivity contribution in [1.82, 2.24) is 24.6 Å². The second-order valence-electron chi connectivity index (χ2n) is 8.02. The van der Waals surface area contributed by atoms with Crippen LogP contribution in [0.5, 0.6) is 0 Å². The van der Waals surface area contributed by atoms with Gasteiger partial charge >= 0.3 is 0 Å². The molecule has 1 aromatic carbocycles. The zero-order chi connectivity index (χ0) is 18.8. The first-order valence-corrected chi connectivity index (χ1v) is 10.1. The molecule has 0 saturated carbocycles. The van der Waals surface area contributed by atoms with Crippen LogP contribution < -0.4 is 4.90 Å². The Morgan fingerprint density at radius 1 is 0.893 bits per heavy atom. The van der Waals surface area contributed by atoms with Crippen molar-refractivity contribution in [3.05, 3.63) is 72.4 Å². The highest BCUT2D eigenvalue weighted by Gasteiger charge is 2.35. The van der Waals surface area contributed by atoms with Crippen LogP contribution in [0, 0.1) is 5.92 Å². The van der Waals surface area contributed by atoms with E-state index in [1.165, 1.54) is 30.5 Å². The van der Waals surface area contributed by atoms with Gasteiger partial charge in [-0.15, -0.1) is 0 Å².